The van der Waals surface area contributed by atoms with Gasteiger partial charge >= 0.3 is 0 Å². The molecular formula is C12H19N3O. The third kappa shape index (κ3) is 1.71. The second kappa shape index (κ2) is 3.77. The van der Waals surface area contributed by atoms with Crippen LogP contribution in [0.1, 0.15) is 43.8 Å². The highest BCUT2D eigenvalue weighted by atomic mass is 16.5. The van der Waals surface area contributed by atoms with E-state index in [0.29, 0.717) is 12.0 Å². The van der Waals surface area contributed by atoms with Crippen molar-refractivity contribution < 1.29 is 4.74 Å². The Morgan fingerprint density at radius 3 is 2.94 bits per heavy atom. The monoisotopic (exact) mass is 221 g/mol. The van der Waals surface area contributed by atoms with Crippen LogP contribution in [0.5, 0.6) is 0 Å². The SMILES string of the molecule is CC(C1CC1)n1cc(N)c(C2CCOC2)n1. The minimum absolute atomic E-state index is 0.410. The molecule has 1 aliphatic heterocycles. The molecule has 2 atom stereocenters. The molecule has 1 aromatic heterocycles. The molecule has 0 amide bonds. The number of aromatic nitrogens is 2. The third-order valence-electron chi connectivity index (χ3n) is 3.83. The molecule has 3 rings (SSSR count). The van der Waals surface area contributed by atoms with Crippen LogP contribution in [0.25, 0.3) is 0 Å². The number of ether oxygens (including phenoxy) is 1. The third-order valence-corrected chi connectivity index (χ3v) is 3.83. The summed E-state index contributed by atoms with van der Waals surface area (Å²) in [6.45, 7) is 3.85. The second-order valence-electron chi connectivity index (χ2n) is 5.09. The van der Waals surface area contributed by atoms with E-state index in [0.717, 1.165) is 36.9 Å². The van der Waals surface area contributed by atoms with Gasteiger partial charge in [0.1, 0.15) is 0 Å². The molecule has 0 aromatic carbocycles. The van der Waals surface area contributed by atoms with Gasteiger partial charge < -0.3 is 10.5 Å². The molecule has 2 heterocycles. The maximum atomic E-state index is 6.04. The van der Waals surface area contributed by atoms with Crippen molar-refractivity contribution >= 4 is 5.69 Å². The zero-order chi connectivity index (χ0) is 11.1. The summed E-state index contributed by atoms with van der Waals surface area (Å²) in [6, 6.07) is 0.498. The highest BCUT2D eigenvalue weighted by molar-refractivity contribution is 5.43. The van der Waals surface area contributed by atoms with E-state index in [9.17, 15) is 0 Å². The van der Waals surface area contributed by atoms with Crippen molar-refractivity contribution in [3.05, 3.63) is 11.9 Å². The predicted molar refractivity (Wildman–Crippen MR) is 62.3 cm³/mol. The van der Waals surface area contributed by atoms with Crippen molar-refractivity contribution in [1.82, 2.24) is 9.78 Å². The van der Waals surface area contributed by atoms with Crippen molar-refractivity contribution in [2.75, 3.05) is 18.9 Å². The Morgan fingerprint density at radius 2 is 2.31 bits per heavy atom. The standard InChI is InChI=1S/C12H19N3O/c1-8(9-2-3-9)15-6-11(13)12(14-15)10-4-5-16-7-10/h6,8-10H,2-5,7,13H2,1H3. The zero-order valence-electron chi connectivity index (χ0n) is 9.72. The van der Waals surface area contributed by atoms with Gasteiger partial charge in [-0.3, -0.25) is 4.68 Å². The number of nitrogens with zero attached hydrogens (tertiary/aromatic N) is 2. The van der Waals surface area contributed by atoms with Gasteiger partial charge in [0.25, 0.3) is 0 Å². The van der Waals surface area contributed by atoms with Crippen LogP contribution in [-0.4, -0.2) is 23.0 Å². The van der Waals surface area contributed by atoms with Gasteiger partial charge in [-0.2, -0.15) is 5.10 Å². The van der Waals surface area contributed by atoms with Crippen LogP contribution in [0.2, 0.25) is 0 Å². The van der Waals surface area contributed by atoms with E-state index in [-0.39, 0.29) is 0 Å². The highest BCUT2D eigenvalue weighted by Crippen LogP contribution is 2.40. The molecule has 88 valence electrons. The first-order valence-corrected chi connectivity index (χ1v) is 6.18. The lowest BCUT2D eigenvalue weighted by Crippen LogP contribution is -2.09. The largest absolute Gasteiger partial charge is 0.396 e. The number of rotatable bonds is 3. The molecule has 0 spiro atoms. The molecule has 0 radical (unpaired) electrons. The van der Waals surface area contributed by atoms with E-state index in [2.05, 4.69) is 16.7 Å². The van der Waals surface area contributed by atoms with Crippen molar-refractivity contribution in [2.24, 2.45) is 5.92 Å². The quantitative estimate of drug-likeness (QED) is 0.848. The molecule has 2 aliphatic rings. The molecule has 4 nitrogen and oxygen atoms in total. The van der Waals surface area contributed by atoms with Gasteiger partial charge in [-0.05, 0) is 32.1 Å². The summed E-state index contributed by atoms with van der Waals surface area (Å²) in [5.41, 5.74) is 7.92. The summed E-state index contributed by atoms with van der Waals surface area (Å²) in [5.74, 6) is 1.22. The van der Waals surface area contributed by atoms with Gasteiger partial charge in [0, 0.05) is 18.7 Å². The maximum Gasteiger partial charge on any atom is 0.0908 e. The van der Waals surface area contributed by atoms with Crippen LogP contribution in [0.15, 0.2) is 6.20 Å². The van der Waals surface area contributed by atoms with Gasteiger partial charge in [0.15, 0.2) is 0 Å². The van der Waals surface area contributed by atoms with Crippen LogP contribution < -0.4 is 5.73 Å². The highest BCUT2D eigenvalue weighted by Gasteiger charge is 2.31. The van der Waals surface area contributed by atoms with E-state index in [4.69, 9.17) is 10.5 Å². The number of nitrogens with two attached hydrogens (primary N) is 1. The van der Waals surface area contributed by atoms with Crippen LogP contribution in [0.3, 0.4) is 0 Å². The van der Waals surface area contributed by atoms with E-state index in [1.807, 2.05) is 6.20 Å². The van der Waals surface area contributed by atoms with Gasteiger partial charge in [-0.1, -0.05) is 0 Å². The molecule has 2 N–H and O–H groups in total. The Hall–Kier alpha value is -1.03. The normalized spacial score (nSPS) is 27.2. The molecule has 2 fully saturated rings. The Balaban J connectivity index is 1.82. The fourth-order valence-corrected chi connectivity index (χ4v) is 2.49. The van der Waals surface area contributed by atoms with Crippen LogP contribution in [0, 0.1) is 5.92 Å². The first-order chi connectivity index (χ1) is 7.75. The van der Waals surface area contributed by atoms with Crippen molar-refractivity contribution in [1.29, 1.82) is 0 Å². The summed E-state index contributed by atoms with van der Waals surface area (Å²) >= 11 is 0. The van der Waals surface area contributed by atoms with Crippen molar-refractivity contribution in [2.45, 2.75) is 38.1 Å². The van der Waals surface area contributed by atoms with Crippen LogP contribution in [-0.2, 0) is 4.74 Å². The smallest absolute Gasteiger partial charge is 0.0908 e. The van der Waals surface area contributed by atoms with Crippen LogP contribution in [0.4, 0.5) is 5.69 Å². The second-order valence-corrected chi connectivity index (χ2v) is 5.09. The predicted octanol–water partition coefficient (Wildman–Crippen LogP) is 1.94. The molecular weight excluding hydrogens is 202 g/mol. The maximum absolute atomic E-state index is 6.04. The van der Waals surface area contributed by atoms with Gasteiger partial charge in [-0.15, -0.1) is 0 Å². The molecule has 1 saturated heterocycles. The number of nitrogen functional groups attached to an aromatic ring is 1. The summed E-state index contributed by atoms with van der Waals surface area (Å²) in [5, 5.41) is 4.66. The molecule has 1 aliphatic carbocycles. The van der Waals surface area contributed by atoms with E-state index < -0.39 is 0 Å². The zero-order valence-corrected chi connectivity index (χ0v) is 9.72. The van der Waals surface area contributed by atoms with Crippen molar-refractivity contribution in [3.63, 3.8) is 0 Å². The minimum Gasteiger partial charge on any atom is -0.396 e. The fraction of sp³-hybridized carbons (Fsp3) is 0.750. The fourth-order valence-electron chi connectivity index (χ4n) is 2.49. The molecule has 2 unspecified atom stereocenters. The first kappa shape index (κ1) is 10.1. The lowest BCUT2D eigenvalue weighted by molar-refractivity contribution is 0.193. The van der Waals surface area contributed by atoms with Gasteiger partial charge in [0.05, 0.1) is 24.0 Å². The molecule has 0 bridgehead atoms. The first-order valence-electron chi connectivity index (χ1n) is 6.18. The summed E-state index contributed by atoms with van der Waals surface area (Å²) in [4.78, 5) is 0. The van der Waals surface area contributed by atoms with Crippen LogP contribution >= 0.6 is 0 Å². The van der Waals surface area contributed by atoms with E-state index in [1.54, 1.807) is 0 Å². The summed E-state index contributed by atoms with van der Waals surface area (Å²) < 4.78 is 7.45. The Bertz CT molecular complexity index is 378. The lowest BCUT2D eigenvalue weighted by Gasteiger charge is -2.10. The molecule has 1 saturated carbocycles. The number of hydrogen-bond donors (Lipinski definition) is 1. The summed E-state index contributed by atoms with van der Waals surface area (Å²) in [6.07, 6.45) is 5.72. The Labute approximate surface area is 95.8 Å². The lowest BCUT2D eigenvalue weighted by atomic mass is 10.0. The van der Waals surface area contributed by atoms with Gasteiger partial charge in [0.2, 0.25) is 0 Å². The topological polar surface area (TPSA) is 53.1 Å². The Morgan fingerprint density at radius 1 is 1.50 bits per heavy atom. The molecule has 4 heteroatoms. The summed E-state index contributed by atoms with van der Waals surface area (Å²) in [7, 11) is 0. The molecule has 16 heavy (non-hydrogen) atoms. The molecule has 1 aromatic rings. The van der Waals surface area contributed by atoms with Crippen molar-refractivity contribution in [3.8, 4) is 0 Å². The number of anilines is 1. The van der Waals surface area contributed by atoms with Gasteiger partial charge in [-0.25, -0.2) is 0 Å². The minimum atomic E-state index is 0.410. The van der Waals surface area contributed by atoms with E-state index in [1.165, 1.54) is 12.8 Å². The Kier molecular flexibility index (Phi) is 2.39. The average Bonchev–Trinajstić information content (AvgIpc) is 2.84. The average molecular weight is 221 g/mol. The van der Waals surface area contributed by atoms with E-state index >= 15 is 0 Å². The number of hydrogen-bond acceptors (Lipinski definition) is 3.